The number of halogens is 1. The standard InChI is InChI=1S/C17H16FN3O/c1-22-15-8-6-14(7-9-15)21-17(16-10-19-11-20-16)12-2-4-13(18)5-3-12/h2-11,17,21H,1H3,(H,19,20). The molecule has 1 aromatic heterocycles. The highest BCUT2D eigenvalue weighted by atomic mass is 19.1. The number of nitrogens with zero attached hydrogens (tertiary/aromatic N) is 1. The smallest absolute Gasteiger partial charge is 0.123 e. The van der Waals surface area contributed by atoms with Crippen LogP contribution in [0.15, 0.2) is 61.1 Å². The summed E-state index contributed by atoms with van der Waals surface area (Å²) in [5.74, 6) is 0.539. The van der Waals surface area contributed by atoms with Gasteiger partial charge in [-0.2, -0.15) is 0 Å². The van der Waals surface area contributed by atoms with Crippen molar-refractivity contribution in [2.45, 2.75) is 6.04 Å². The number of rotatable bonds is 5. The predicted molar refractivity (Wildman–Crippen MR) is 83.4 cm³/mol. The molecule has 0 radical (unpaired) electrons. The SMILES string of the molecule is COc1ccc(NC(c2ccc(F)cc2)c2c[nH]cn2)cc1. The summed E-state index contributed by atoms with van der Waals surface area (Å²) in [6, 6.07) is 13.9. The van der Waals surface area contributed by atoms with Gasteiger partial charge >= 0.3 is 0 Å². The van der Waals surface area contributed by atoms with Gasteiger partial charge in [-0.3, -0.25) is 0 Å². The summed E-state index contributed by atoms with van der Waals surface area (Å²) >= 11 is 0. The van der Waals surface area contributed by atoms with E-state index in [2.05, 4.69) is 15.3 Å². The third-order valence-electron chi connectivity index (χ3n) is 3.42. The Morgan fingerprint density at radius 3 is 2.41 bits per heavy atom. The molecular weight excluding hydrogens is 281 g/mol. The van der Waals surface area contributed by atoms with Crippen LogP contribution in [0.1, 0.15) is 17.3 Å². The Balaban J connectivity index is 1.90. The first kappa shape index (κ1) is 14.1. The summed E-state index contributed by atoms with van der Waals surface area (Å²) in [6.07, 6.45) is 3.45. The van der Waals surface area contributed by atoms with Crippen LogP contribution in [-0.4, -0.2) is 17.1 Å². The average Bonchev–Trinajstić information content (AvgIpc) is 3.08. The fourth-order valence-electron chi connectivity index (χ4n) is 2.27. The quantitative estimate of drug-likeness (QED) is 0.754. The summed E-state index contributed by atoms with van der Waals surface area (Å²) in [4.78, 5) is 7.26. The minimum absolute atomic E-state index is 0.166. The number of methoxy groups -OCH3 is 1. The second-order valence-electron chi connectivity index (χ2n) is 4.85. The molecule has 0 spiro atoms. The lowest BCUT2D eigenvalue weighted by atomic mass is 10.0. The Morgan fingerprint density at radius 2 is 1.82 bits per heavy atom. The molecular formula is C17H16FN3O. The van der Waals surface area contributed by atoms with E-state index in [1.54, 1.807) is 25.6 Å². The lowest BCUT2D eigenvalue weighted by Gasteiger charge is -2.19. The van der Waals surface area contributed by atoms with E-state index in [-0.39, 0.29) is 11.9 Å². The molecule has 3 aromatic rings. The second kappa shape index (κ2) is 6.30. The van der Waals surface area contributed by atoms with Crippen molar-refractivity contribution in [2.75, 3.05) is 12.4 Å². The van der Waals surface area contributed by atoms with Gasteiger partial charge in [0.25, 0.3) is 0 Å². The Kier molecular flexibility index (Phi) is 4.05. The number of hydrogen-bond donors (Lipinski definition) is 2. The number of H-pyrrole nitrogens is 1. The van der Waals surface area contributed by atoms with Gasteiger partial charge in [-0.25, -0.2) is 9.37 Å². The molecule has 1 heterocycles. The van der Waals surface area contributed by atoms with Crippen LogP contribution < -0.4 is 10.1 Å². The van der Waals surface area contributed by atoms with Crippen molar-refractivity contribution in [3.05, 3.63) is 78.1 Å². The van der Waals surface area contributed by atoms with Gasteiger partial charge in [-0.05, 0) is 42.0 Å². The molecule has 2 N–H and O–H groups in total. The van der Waals surface area contributed by atoms with Crippen molar-refractivity contribution in [1.82, 2.24) is 9.97 Å². The zero-order valence-electron chi connectivity index (χ0n) is 12.1. The molecule has 1 unspecified atom stereocenters. The van der Waals surface area contributed by atoms with Crippen LogP contribution in [0.4, 0.5) is 10.1 Å². The second-order valence-corrected chi connectivity index (χ2v) is 4.85. The van der Waals surface area contributed by atoms with Crippen LogP contribution >= 0.6 is 0 Å². The highest BCUT2D eigenvalue weighted by Gasteiger charge is 2.16. The maximum absolute atomic E-state index is 13.1. The highest BCUT2D eigenvalue weighted by molar-refractivity contribution is 5.50. The van der Waals surface area contributed by atoms with Gasteiger partial charge in [0.2, 0.25) is 0 Å². The first-order valence-corrected chi connectivity index (χ1v) is 6.91. The van der Waals surface area contributed by atoms with Crippen molar-refractivity contribution in [3.8, 4) is 5.75 Å². The Labute approximate surface area is 128 Å². The summed E-state index contributed by atoms with van der Waals surface area (Å²) in [7, 11) is 1.63. The van der Waals surface area contributed by atoms with E-state index < -0.39 is 0 Å². The number of anilines is 1. The maximum atomic E-state index is 13.1. The Bertz CT molecular complexity index is 709. The topological polar surface area (TPSA) is 49.9 Å². The molecule has 0 aliphatic carbocycles. The van der Waals surface area contributed by atoms with Crippen LogP contribution in [0, 0.1) is 5.82 Å². The summed E-state index contributed by atoms with van der Waals surface area (Å²) in [5, 5.41) is 3.41. The van der Waals surface area contributed by atoms with Gasteiger partial charge in [-0.1, -0.05) is 12.1 Å². The van der Waals surface area contributed by atoms with E-state index in [1.165, 1.54) is 12.1 Å². The van der Waals surface area contributed by atoms with E-state index in [0.717, 1.165) is 22.7 Å². The minimum Gasteiger partial charge on any atom is -0.497 e. The molecule has 0 saturated heterocycles. The molecule has 0 fully saturated rings. The zero-order chi connectivity index (χ0) is 15.4. The third-order valence-corrected chi connectivity index (χ3v) is 3.42. The van der Waals surface area contributed by atoms with E-state index >= 15 is 0 Å². The summed E-state index contributed by atoms with van der Waals surface area (Å²) in [5.41, 5.74) is 2.70. The van der Waals surface area contributed by atoms with Crippen molar-refractivity contribution in [1.29, 1.82) is 0 Å². The first-order chi connectivity index (χ1) is 10.8. The Hall–Kier alpha value is -2.82. The molecule has 22 heavy (non-hydrogen) atoms. The normalized spacial score (nSPS) is 11.9. The monoisotopic (exact) mass is 297 g/mol. The first-order valence-electron chi connectivity index (χ1n) is 6.91. The molecule has 4 nitrogen and oxygen atoms in total. The summed E-state index contributed by atoms with van der Waals surface area (Å²) in [6.45, 7) is 0. The van der Waals surface area contributed by atoms with Gasteiger partial charge in [0, 0.05) is 11.9 Å². The van der Waals surface area contributed by atoms with Crippen molar-refractivity contribution in [2.24, 2.45) is 0 Å². The van der Waals surface area contributed by atoms with Gasteiger partial charge in [0.15, 0.2) is 0 Å². The molecule has 0 aliphatic heterocycles. The number of hydrogen-bond acceptors (Lipinski definition) is 3. The molecule has 0 bridgehead atoms. The number of benzene rings is 2. The lowest BCUT2D eigenvalue weighted by molar-refractivity contribution is 0.415. The van der Waals surface area contributed by atoms with Gasteiger partial charge < -0.3 is 15.0 Å². The van der Waals surface area contributed by atoms with Gasteiger partial charge in [-0.15, -0.1) is 0 Å². The van der Waals surface area contributed by atoms with Gasteiger partial charge in [0.1, 0.15) is 11.6 Å². The number of imidazole rings is 1. The lowest BCUT2D eigenvalue weighted by Crippen LogP contribution is -2.12. The van der Waals surface area contributed by atoms with E-state index in [1.807, 2.05) is 30.5 Å². The predicted octanol–water partition coefficient (Wildman–Crippen LogP) is 3.76. The zero-order valence-corrected chi connectivity index (χ0v) is 12.1. The molecule has 5 heteroatoms. The fourth-order valence-corrected chi connectivity index (χ4v) is 2.27. The number of nitrogens with one attached hydrogen (secondary N) is 2. The van der Waals surface area contributed by atoms with E-state index in [9.17, 15) is 4.39 Å². The molecule has 3 rings (SSSR count). The number of aromatic amines is 1. The van der Waals surface area contributed by atoms with Crippen molar-refractivity contribution < 1.29 is 9.13 Å². The molecule has 2 aromatic carbocycles. The largest absolute Gasteiger partial charge is 0.497 e. The highest BCUT2D eigenvalue weighted by Crippen LogP contribution is 2.26. The number of aromatic nitrogens is 2. The molecule has 0 aliphatic rings. The fraction of sp³-hybridized carbons (Fsp3) is 0.118. The van der Waals surface area contributed by atoms with Crippen LogP contribution in [0.2, 0.25) is 0 Å². The van der Waals surface area contributed by atoms with Crippen LogP contribution in [-0.2, 0) is 0 Å². The van der Waals surface area contributed by atoms with Crippen molar-refractivity contribution >= 4 is 5.69 Å². The molecule has 1 atom stereocenters. The number of ether oxygens (including phenoxy) is 1. The van der Waals surface area contributed by atoms with Crippen LogP contribution in [0.5, 0.6) is 5.75 Å². The maximum Gasteiger partial charge on any atom is 0.123 e. The van der Waals surface area contributed by atoms with Crippen molar-refractivity contribution in [3.63, 3.8) is 0 Å². The van der Waals surface area contributed by atoms with Crippen LogP contribution in [0.25, 0.3) is 0 Å². The van der Waals surface area contributed by atoms with Gasteiger partial charge in [0.05, 0.1) is 25.2 Å². The Morgan fingerprint density at radius 1 is 1.09 bits per heavy atom. The van der Waals surface area contributed by atoms with E-state index in [0.29, 0.717) is 0 Å². The molecule has 0 saturated carbocycles. The average molecular weight is 297 g/mol. The minimum atomic E-state index is -0.256. The molecule has 112 valence electrons. The summed E-state index contributed by atoms with van der Waals surface area (Å²) < 4.78 is 18.3. The van der Waals surface area contributed by atoms with Crippen LogP contribution in [0.3, 0.4) is 0 Å². The van der Waals surface area contributed by atoms with E-state index in [4.69, 9.17) is 4.74 Å². The molecule has 0 amide bonds. The third kappa shape index (κ3) is 3.09.